The highest BCUT2D eigenvalue weighted by Crippen LogP contribution is 2.46. The number of aryl methyl sites for hydroxylation is 1. The molecule has 1 nitrogen and oxygen atoms in total. The average molecular weight is 653 g/mol. The van der Waals surface area contributed by atoms with E-state index < -0.39 is 0 Å². The van der Waals surface area contributed by atoms with Crippen molar-refractivity contribution in [3.05, 3.63) is 169 Å². The van der Waals surface area contributed by atoms with Crippen LogP contribution in [0.25, 0.3) is 98.4 Å². The Morgan fingerprint density at radius 1 is 0.353 bits per heavy atom. The molecule has 0 saturated heterocycles. The number of fused-ring (bicyclic) bond motifs is 7. The molecule has 10 aromatic rings. The van der Waals surface area contributed by atoms with Crippen molar-refractivity contribution in [2.45, 2.75) is 26.2 Å². The average Bonchev–Trinajstić information content (AvgIpc) is 3.56. The molecule has 0 spiro atoms. The number of unbranched alkanes of at least 4 members (excludes halogenated alkanes) is 1. The first kappa shape index (κ1) is 29.7. The van der Waals surface area contributed by atoms with E-state index in [1.54, 1.807) is 0 Å². The molecule has 0 fully saturated rings. The fourth-order valence-corrected chi connectivity index (χ4v) is 8.60. The van der Waals surface area contributed by atoms with Gasteiger partial charge in [-0.25, -0.2) is 0 Å². The van der Waals surface area contributed by atoms with Crippen molar-refractivity contribution >= 4 is 65.0 Å². The van der Waals surface area contributed by atoms with E-state index in [1.165, 1.54) is 89.3 Å². The van der Waals surface area contributed by atoms with Gasteiger partial charge in [0.2, 0.25) is 0 Å². The lowest BCUT2D eigenvalue weighted by atomic mass is 9.86. The molecule has 51 heavy (non-hydrogen) atoms. The molecular formula is C50H36O. The second-order valence-electron chi connectivity index (χ2n) is 13.8. The van der Waals surface area contributed by atoms with Crippen LogP contribution in [0.4, 0.5) is 0 Å². The second kappa shape index (κ2) is 12.0. The summed E-state index contributed by atoms with van der Waals surface area (Å²) < 4.78 is 6.66. The standard InChI is InChI=1S/C50H36O/c1-2-3-17-35-36-18-7-9-20-39(36)49(40-21-10-8-19-37(35)40)33-27-29-46-45(30-33)38-28-26-34(31-47(38)51-46)50-43-24-13-11-22-41(43)48(32-15-5-4-6-16-32)42-23-12-14-25-44(42)50/h4-16,18-31H,2-3,17H2,1H3. The first-order chi connectivity index (χ1) is 25.3. The lowest BCUT2D eigenvalue weighted by molar-refractivity contribution is 0.669. The van der Waals surface area contributed by atoms with Gasteiger partial charge in [-0.05, 0) is 119 Å². The zero-order valence-electron chi connectivity index (χ0n) is 28.6. The van der Waals surface area contributed by atoms with Gasteiger partial charge in [-0.15, -0.1) is 0 Å². The van der Waals surface area contributed by atoms with Crippen LogP contribution in [0.5, 0.6) is 0 Å². The van der Waals surface area contributed by atoms with Crippen LogP contribution in [-0.2, 0) is 6.42 Å². The van der Waals surface area contributed by atoms with Crippen molar-refractivity contribution in [2.24, 2.45) is 0 Å². The molecule has 242 valence electrons. The normalized spacial score (nSPS) is 11.9. The summed E-state index contributed by atoms with van der Waals surface area (Å²) in [5.74, 6) is 0. The summed E-state index contributed by atoms with van der Waals surface area (Å²) in [6.07, 6.45) is 3.46. The maximum absolute atomic E-state index is 6.66. The number of furan rings is 1. The Kier molecular flexibility index (Phi) is 6.99. The first-order valence-corrected chi connectivity index (χ1v) is 18.2. The monoisotopic (exact) mass is 652 g/mol. The smallest absolute Gasteiger partial charge is 0.136 e. The van der Waals surface area contributed by atoms with E-state index in [0.29, 0.717) is 0 Å². The van der Waals surface area contributed by atoms with Gasteiger partial charge in [0.05, 0.1) is 0 Å². The maximum atomic E-state index is 6.66. The fraction of sp³-hybridized carbons (Fsp3) is 0.0800. The van der Waals surface area contributed by atoms with Gasteiger partial charge < -0.3 is 4.42 Å². The predicted molar refractivity (Wildman–Crippen MR) is 219 cm³/mol. The van der Waals surface area contributed by atoms with Crippen LogP contribution in [0.1, 0.15) is 25.3 Å². The summed E-state index contributed by atoms with van der Waals surface area (Å²) in [6, 6.07) is 59.9. The molecule has 0 atom stereocenters. The summed E-state index contributed by atoms with van der Waals surface area (Å²) in [4.78, 5) is 0. The van der Waals surface area contributed by atoms with Crippen molar-refractivity contribution in [1.82, 2.24) is 0 Å². The Morgan fingerprint density at radius 3 is 1.35 bits per heavy atom. The van der Waals surface area contributed by atoms with Gasteiger partial charge in [0.1, 0.15) is 11.2 Å². The largest absolute Gasteiger partial charge is 0.456 e. The van der Waals surface area contributed by atoms with E-state index in [-0.39, 0.29) is 0 Å². The third kappa shape index (κ3) is 4.69. The van der Waals surface area contributed by atoms with E-state index in [2.05, 4.69) is 171 Å². The fourth-order valence-electron chi connectivity index (χ4n) is 8.60. The Hall–Kier alpha value is -6.18. The van der Waals surface area contributed by atoms with Crippen LogP contribution < -0.4 is 0 Å². The summed E-state index contributed by atoms with van der Waals surface area (Å²) in [7, 11) is 0. The van der Waals surface area contributed by atoms with Gasteiger partial charge in [0, 0.05) is 10.8 Å². The lowest BCUT2D eigenvalue weighted by Crippen LogP contribution is -1.94. The molecule has 0 aliphatic heterocycles. The molecule has 1 heterocycles. The predicted octanol–water partition coefficient (Wildman–Crippen LogP) is 14.5. The second-order valence-corrected chi connectivity index (χ2v) is 13.8. The van der Waals surface area contributed by atoms with Crippen LogP contribution in [0.15, 0.2) is 168 Å². The van der Waals surface area contributed by atoms with Crippen LogP contribution in [0.3, 0.4) is 0 Å². The molecule has 0 aliphatic rings. The van der Waals surface area contributed by atoms with Gasteiger partial charge in [-0.1, -0.05) is 153 Å². The van der Waals surface area contributed by atoms with Gasteiger partial charge in [-0.2, -0.15) is 0 Å². The van der Waals surface area contributed by atoms with E-state index in [0.717, 1.165) is 33.9 Å². The van der Waals surface area contributed by atoms with Crippen molar-refractivity contribution in [3.63, 3.8) is 0 Å². The highest BCUT2D eigenvalue weighted by atomic mass is 16.3. The quantitative estimate of drug-likeness (QED) is 0.163. The van der Waals surface area contributed by atoms with Crippen molar-refractivity contribution < 1.29 is 4.42 Å². The van der Waals surface area contributed by atoms with Crippen LogP contribution in [-0.4, -0.2) is 0 Å². The molecule has 0 N–H and O–H groups in total. The van der Waals surface area contributed by atoms with E-state index >= 15 is 0 Å². The minimum absolute atomic E-state index is 0.907. The SMILES string of the molecule is CCCCc1c2ccccc2c(-c2ccc3oc4cc(-c5c6ccccc6c(-c6ccccc6)c6ccccc56)ccc4c3c2)c2ccccc12. The van der Waals surface area contributed by atoms with Crippen LogP contribution >= 0.6 is 0 Å². The summed E-state index contributed by atoms with van der Waals surface area (Å²) in [6.45, 7) is 2.28. The third-order valence-corrected chi connectivity index (χ3v) is 10.9. The number of hydrogen-bond acceptors (Lipinski definition) is 1. The molecule has 0 saturated carbocycles. The van der Waals surface area contributed by atoms with Crippen LogP contribution in [0.2, 0.25) is 0 Å². The summed E-state index contributed by atoms with van der Waals surface area (Å²) in [5.41, 5.74) is 10.7. The van der Waals surface area contributed by atoms with Crippen molar-refractivity contribution in [2.75, 3.05) is 0 Å². The zero-order chi connectivity index (χ0) is 33.9. The molecule has 0 unspecified atom stereocenters. The van der Waals surface area contributed by atoms with E-state index in [1.807, 2.05) is 0 Å². The molecule has 0 bridgehead atoms. The maximum Gasteiger partial charge on any atom is 0.136 e. The topological polar surface area (TPSA) is 13.1 Å². The minimum Gasteiger partial charge on any atom is -0.456 e. The highest BCUT2D eigenvalue weighted by Gasteiger charge is 2.19. The molecule has 0 radical (unpaired) electrons. The summed E-state index contributed by atoms with van der Waals surface area (Å²) in [5, 5.41) is 12.6. The van der Waals surface area contributed by atoms with Gasteiger partial charge in [0.15, 0.2) is 0 Å². The van der Waals surface area contributed by atoms with Crippen molar-refractivity contribution in [1.29, 1.82) is 0 Å². The molecule has 1 heteroatoms. The highest BCUT2D eigenvalue weighted by molar-refractivity contribution is 6.22. The molecule has 0 amide bonds. The van der Waals surface area contributed by atoms with Gasteiger partial charge in [0.25, 0.3) is 0 Å². The number of hydrogen-bond donors (Lipinski definition) is 0. The Bertz CT molecular complexity index is 2830. The Morgan fingerprint density at radius 2 is 0.804 bits per heavy atom. The lowest BCUT2D eigenvalue weighted by Gasteiger charge is -2.17. The number of benzene rings is 9. The zero-order valence-corrected chi connectivity index (χ0v) is 28.6. The van der Waals surface area contributed by atoms with E-state index in [4.69, 9.17) is 4.42 Å². The first-order valence-electron chi connectivity index (χ1n) is 18.2. The minimum atomic E-state index is 0.907. The molecular weight excluding hydrogens is 617 g/mol. The number of rotatable bonds is 6. The van der Waals surface area contributed by atoms with Crippen LogP contribution in [0, 0.1) is 0 Å². The Balaban J connectivity index is 1.18. The summed E-state index contributed by atoms with van der Waals surface area (Å²) >= 11 is 0. The van der Waals surface area contributed by atoms with Gasteiger partial charge in [-0.3, -0.25) is 0 Å². The molecule has 9 aromatic carbocycles. The van der Waals surface area contributed by atoms with Crippen molar-refractivity contribution in [3.8, 4) is 33.4 Å². The molecule has 10 rings (SSSR count). The van der Waals surface area contributed by atoms with Gasteiger partial charge >= 0.3 is 0 Å². The molecule has 0 aliphatic carbocycles. The third-order valence-electron chi connectivity index (χ3n) is 10.9. The molecule has 1 aromatic heterocycles. The Labute approximate surface area is 297 Å². The van der Waals surface area contributed by atoms with E-state index in [9.17, 15) is 0 Å².